The fraction of sp³-hybridized carbons (Fsp3) is 0.240. The molecule has 10 heteroatoms. The highest BCUT2D eigenvalue weighted by Crippen LogP contribution is 2.41. The number of ether oxygens (including phenoxy) is 1. The zero-order valence-corrected chi connectivity index (χ0v) is 20.2. The van der Waals surface area contributed by atoms with Gasteiger partial charge in [-0.3, -0.25) is 9.29 Å². The normalized spacial score (nSPS) is 14.9. The molecule has 6 rings (SSSR count). The lowest BCUT2D eigenvalue weighted by atomic mass is 10.1. The van der Waals surface area contributed by atoms with Crippen LogP contribution in [0.15, 0.2) is 55.1 Å². The van der Waals surface area contributed by atoms with Crippen LogP contribution in [-0.2, 0) is 22.2 Å². The molecule has 1 N–H and O–H groups in total. The van der Waals surface area contributed by atoms with Gasteiger partial charge in [-0.25, -0.2) is 23.4 Å². The molecule has 5 heterocycles. The van der Waals surface area contributed by atoms with Gasteiger partial charge < -0.3 is 9.64 Å². The number of fused-ring (bicyclic) bond motifs is 6. The third-order valence-electron chi connectivity index (χ3n) is 6.36. The van der Waals surface area contributed by atoms with Gasteiger partial charge in [-0.05, 0) is 49.2 Å². The lowest BCUT2D eigenvalue weighted by molar-refractivity contribution is 0.319. The molecule has 0 fully saturated rings. The van der Waals surface area contributed by atoms with Crippen LogP contribution in [0, 0.1) is 6.92 Å². The van der Waals surface area contributed by atoms with Crippen molar-refractivity contribution in [2.45, 2.75) is 26.0 Å². The molecule has 4 aromatic rings. The van der Waals surface area contributed by atoms with Gasteiger partial charge in [0.05, 0.1) is 29.3 Å². The van der Waals surface area contributed by atoms with Crippen LogP contribution in [0.25, 0.3) is 17.1 Å². The van der Waals surface area contributed by atoms with Crippen molar-refractivity contribution in [2.24, 2.45) is 0 Å². The molecular weight excluding hydrogens is 464 g/mol. The van der Waals surface area contributed by atoms with Crippen molar-refractivity contribution in [3.8, 4) is 22.8 Å². The summed E-state index contributed by atoms with van der Waals surface area (Å²) >= 11 is 0. The zero-order valence-electron chi connectivity index (χ0n) is 19.4. The Hall–Kier alpha value is -3.92. The largest absolute Gasteiger partial charge is 0.493 e. The molecule has 3 aromatic heterocycles. The first kappa shape index (κ1) is 21.6. The Morgan fingerprint density at radius 2 is 2.00 bits per heavy atom. The van der Waals surface area contributed by atoms with Crippen molar-refractivity contribution >= 4 is 27.3 Å². The van der Waals surface area contributed by atoms with Crippen LogP contribution in [0.3, 0.4) is 0 Å². The fourth-order valence-corrected chi connectivity index (χ4v) is 6.03. The Balaban J connectivity index is 1.31. The van der Waals surface area contributed by atoms with Crippen molar-refractivity contribution < 1.29 is 13.2 Å². The third-order valence-corrected chi connectivity index (χ3v) is 7.56. The van der Waals surface area contributed by atoms with Crippen molar-refractivity contribution in [3.05, 3.63) is 71.8 Å². The maximum atomic E-state index is 11.9. The molecule has 9 nitrogen and oxygen atoms in total. The molecule has 0 spiro atoms. The summed E-state index contributed by atoms with van der Waals surface area (Å²) in [7, 11) is -3.33. The molecule has 0 atom stereocenters. The van der Waals surface area contributed by atoms with E-state index in [1.807, 2.05) is 24.7 Å². The maximum absolute atomic E-state index is 11.9. The lowest BCUT2D eigenvalue weighted by Crippen LogP contribution is -2.20. The SMILES string of the molecule is CCN1c2ncc(CCOc3cccc4c3CS(=O)(=O)N4)cc2-c2nccn2-c2c(C)ccnc21. The second-order valence-corrected chi connectivity index (χ2v) is 10.3. The molecule has 1 aromatic carbocycles. The number of anilines is 3. The Kier molecular flexibility index (Phi) is 4.99. The lowest BCUT2D eigenvalue weighted by Gasteiger charge is -2.23. The molecule has 0 radical (unpaired) electrons. The van der Waals surface area contributed by atoms with Crippen molar-refractivity contribution in [3.63, 3.8) is 0 Å². The minimum atomic E-state index is -3.33. The maximum Gasteiger partial charge on any atom is 0.237 e. The van der Waals surface area contributed by atoms with Crippen LogP contribution >= 0.6 is 0 Å². The summed E-state index contributed by atoms with van der Waals surface area (Å²) in [4.78, 5) is 16.3. The minimum Gasteiger partial charge on any atom is -0.493 e. The summed E-state index contributed by atoms with van der Waals surface area (Å²) < 4.78 is 34.5. The third kappa shape index (κ3) is 3.61. The Labute approximate surface area is 203 Å². The number of imidazole rings is 1. The van der Waals surface area contributed by atoms with Crippen molar-refractivity contribution in [1.82, 2.24) is 19.5 Å². The average Bonchev–Trinajstić information content (AvgIpc) is 3.41. The summed E-state index contributed by atoms with van der Waals surface area (Å²) in [6, 6.07) is 9.46. The van der Waals surface area contributed by atoms with Crippen LogP contribution in [0.5, 0.6) is 5.75 Å². The number of benzene rings is 1. The van der Waals surface area contributed by atoms with Crippen LogP contribution in [0.2, 0.25) is 0 Å². The molecule has 0 aliphatic carbocycles. The second kappa shape index (κ2) is 8.09. The molecule has 2 aliphatic rings. The van der Waals surface area contributed by atoms with E-state index < -0.39 is 10.0 Å². The van der Waals surface area contributed by atoms with E-state index in [1.165, 1.54) is 0 Å². The van der Waals surface area contributed by atoms with Gasteiger partial charge in [0.2, 0.25) is 10.0 Å². The predicted octanol–water partition coefficient (Wildman–Crippen LogP) is 3.99. The number of hydrogen-bond acceptors (Lipinski definition) is 7. The van der Waals surface area contributed by atoms with E-state index in [0.717, 1.165) is 39.8 Å². The van der Waals surface area contributed by atoms with E-state index in [2.05, 4.69) is 44.1 Å². The van der Waals surface area contributed by atoms with E-state index in [9.17, 15) is 8.42 Å². The Morgan fingerprint density at radius 3 is 2.86 bits per heavy atom. The van der Waals surface area contributed by atoms with Gasteiger partial charge in [0.25, 0.3) is 0 Å². The number of pyridine rings is 2. The van der Waals surface area contributed by atoms with Crippen LogP contribution in [-0.4, -0.2) is 41.1 Å². The number of rotatable bonds is 5. The summed E-state index contributed by atoms with van der Waals surface area (Å²) in [6.45, 7) is 5.27. The van der Waals surface area contributed by atoms with Crippen LogP contribution in [0.1, 0.15) is 23.6 Å². The predicted molar refractivity (Wildman–Crippen MR) is 134 cm³/mol. The van der Waals surface area contributed by atoms with Gasteiger partial charge >= 0.3 is 0 Å². The smallest absolute Gasteiger partial charge is 0.237 e. The summed E-state index contributed by atoms with van der Waals surface area (Å²) in [5, 5.41) is 0. The molecule has 0 saturated carbocycles. The number of nitrogens with zero attached hydrogens (tertiary/aromatic N) is 5. The fourth-order valence-electron chi connectivity index (χ4n) is 4.75. The monoisotopic (exact) mass is 488 g/mol. The Morgan fingerprint density at radius 1 is 1.11 bits per heavy atom. The van der Waals surface area contributed by atoms with E-state index >= 15 is 0 Å². The number of hydrogen-bond donors (Lipinski definition) is 1. The summed E-state index contributed by atoms with van der Waals surface area (Å²) in [6.07, 6.45) is 8.05. The highest BCUT2D eigenvalue weighted by Gasteiger charge is 2.29. The van der Waals surface area contributed by atoms with E-state index in [1.54, 1.807) is 24.4 Å². The minimum absolute atomic E-state index is 0.0670. The van der Waals surface area contributed by atoms with Gasteiger partial charge in [0.15, 0.2) is 5.82 Å². The number of sulfonamides is 1. The van der Waals surface area contributed by atoms with Crippen molar-refractivity contribution in [1.29, 1.82) is 0 Å². The average molecular weight is 489 g/mol. The molecule has 2 aliphatic heterocycles. The van der Waals surface area contributed by atoms with Crippen LogP contribution < -0.4 is 14.4 Å². The van der Waals surface area contributed by atoms with Gasteiger partial charge in [-0.2, -0.15) is 0 Å². The molecule has 35 heavy (non-hydrogen) atoms. The molecule has 0 amide bonds. The molecule has 0 bridgehead atoms. The first-order valence-corrected chi connectivity index (χ1v) is 13.1. The number of aryl methyl sites for hydroxylation is 1. The quantitative estimate of drug-likeness (QED) is 0.453. The zero-order chi connectivity index (χ0) is 24.2. The summed E-state index contributed by atoms with van der Waals surface area (Å²) in [5.41, 5.74) is 5.32. The highest BCUT2D eigenvalue weighted by atomic mass is 32.2. The number of aromatic nitrogens is 4. The molecular formula is C25H24N6O3S. The van der Waals surface area contributed by atoms with Crippen LogP contribution in [0.4, 0.5) is 17.3 Å². The van der Waals surface area contributed by atoms with E-state index in [4.69, 9.17) is 9.72 Å². The topological polar surface area (TPSA) is 102 Å². The summed E-state index contributed by atoms with van der Waals surface area (Å²) in [5.74, 6) is 3.01. The molecule has 178 valence electrons. The number of nitrogens with one attached hydrogen (secondary N) is 1. The van der Waals surface area contributed by atoms with Gasteiger partial charge in [0.1, 0.15) is 17.4 Å². The van der Waals surface area contributed by atoms with Crippen molar-refractivity contribution in [2.75, 3.05) is 22.8 Å². The van der Waals surface area contributed by atoms with E-state index in [0.29, 0.717) is 36.6 Å². The Bertz CT molecular complexity index is 1560. The van der Waals surface area contributed by atoms with E-state index in [-0.39, 0.29) is 5.75 Å². The first-order chi connectivity index (χ1) is 16.9. The molecule has 0 saturated heterocycles. The first-order valence-electron chi connectivity index (χ1n) is 11.5. The second-order valence-electron chi connectivity index (χ2n) is 8.62. The van der Waals surface area contributed by atoms with Gasteiger partial charge in [-0.15, -0.1) is 0 Å². The van der Waals surface area contributed by atoms with Gasteiger partial charge in [0, 0.05) is 43.3 Å². The standard InChI is InChI=1S/C25H24N6O3S/c1-3-30-24-18(23-27-10-11-31(23)22-16(2)7-9-26-25(22)30)13-17(14-28-24)8-12-34-21-6-4-5-20-19(21)15-35(32,33)29-20/h4-7,9-11,13-14,29H,3,8,12,15H2,1-2H3. The highest BCUT2D eigenvalue weighted by molar-refractivity contribution is 7.92. The van der Waals surface area contributed by atoms with Gasteiger partial charge in [-0.1, -0.05) is 6.07 Å². The molecule has 0 unspecified atom stereocenters.